The van der Waals surface area contributed by atoms with Crippen molar-refractivity contribution in [1.29, 1.82) is 0 Å². The molecule has 1 aliphatic rings. The van der Waals surface area contributed by atoms with Crippen LogP contribution < -0.4 is 4.74 Å². The summed E-state index contributed by atoms with van der Waals surface area (Å²) in [7, 11) is 0. The molecule has 31 heavy (non-hydrogen) atoms. The zero-order valence-corrected chi connectivity index (χ0v) is 17.8. The predicted octanol–water partition coefficient (Wildman–Crippen LogP) is 6.29. The fraction of sp³-hybridized carbons (Fsp3) is 0.0833. The molecule has 1 aliphatic heterocycles. The van der Waals surface area contributed by atoms with Gasteiger partial charge in [0.1, 0.15) is 18.2 Å². The summed E-state index contributed by atoms with van der Waals surface area (Å²) in [4.78, 5) is 26.8. The molecule has 0 spiro atoms. The highest BCUT2D eigenvalue weighted by Gasteiger charge is 2.35. The number of halogens is 2. The van der Waals surface area contributed by atoms with Crippen LogP contribution in [0.5, 0.6) is 5.75 Å². The van der Waals surface area contributed by atoms with Crippen LogP contribution in [0.25, 0.3) is 6.08 Å². The second-order valence-corrected chi connectivity index (χ2v) is 8.25. The van der Waals surface area contributed by atoms with E-state index in [1.807, 2.05) is 6.07 Å². The van der Waals surface area contributed by atoms with Gasteiger partial charge in [0.15, 0.2) is 0 Å². The molecule has 4 rings (SSSR count). The summed E-state index contributed by atoms with van der Waals surface area (Å²) < 4.78 is 19.7. The molecule has 0 unspecified atom stereocenters. The highest BCUT2D eigenvalue weighted by Crippen LogP contribution is 2.35. The number of para-hydroxylation sites is 1. The first-order chi connectivity index (χ1) is 15.0. The maximum Gasteiger partial charge on any atom is 0.293 e. The van der Waals surface area contributed by atoms with Crippen molar-refractivity contribution in [3.8, 4) is 5.75 Å². The third-order valence-electron chi connectivity index (χ3n) is 4.65. The molecule has 0 aliphatic carbocycles. The number of benzene rings is 3. The molecule has 1 saturated heterocycles. The lowest BCUT2D eigenvalue weighted by atomic mass is 10.1. The molecule has 2 amide bonds. The summed E-state index contributed by atoms with van der Waals surface area (Å²) in [6.45, 7) is 0.196. The van der Waals surface area contributed by atoms with Crippen molar-refractivity contribution >= 4 is 40.6 Å². The van der Waals surface area contributed by atoms with E-state index >= 15 is 0 Å². The van der Waals surface area contributed by atoms with Gasteiger partial charge in [-0.15, -0.1) is 0 Å². The molecule has 0 saturated carbocycles. The quantitative estimate of drug-likeness (QED) is 0.411. The third kappa shape index (κ3) is 4.98. The molecule has 4 nitrogen and oxygen atoms in total. The zero-order chi connectivity index (χ0) is 21.8. The molecule has 0 aromatic heterocycles. The molecule has 0 radical (unpaired) electrons. The van der Waals surface area contributed by atoms with Crippen molar-refractivity contribution in [2.24, 2.45) is 0 Å². The average Bonchev–Trinajstić information content (AvgIpc) is 3.01. The molecule has 1 heterocycles. The summed E-state index contributed by atoms with van der Waals surface area (Å²) in [5.74, 6) is -0.228. The van der Waals surface area contributed by atoms with Gasteiger partial charge in [0.25, 0.3) is 11.1 Å². The lowest BCUT2D eigenvalue weighted by Crippen LogP contribution is -2.27. The van der Waals surface area contributed by atoms with Crippen molar-refractivity contribution in [2.45, 2.75) is 13.2 Å². The Morgan fingerprint density at radius 2 is 1.77 bits per heavy atom. The predicted molar refractivity (Wildman–Crippen MR) is 120 cm³/mol. The molecule has 0 atom stereocenters. The normalized spacial score (nSPS) is 15.0. The minimum absolute atomic E-state index is 0.0494. The minimum Gasteiger partial charge on any atom is -0.488 e. The van der Waals surface area contributed by atoms with E-state index in [-0.39, 0.29) is 30.1 Å². The summed E-state index contributed by atoms with van der Waals surface area (Å²) in [5.41, 5.74) is 1.83. The first-order valence-electron chi connectivity index (χ1n) is 9.46. The van der Waals surface area contributed by atoms with E-state index in [2.05, 4.69) is 0 Å². The highest BCUT2D eigenvalue weighted by atomic mass is 35.5. The van der Waals surface area contributed by atoms with Crippen molar-refractivity contribution in [3.63, 3.8) is 0 Å². The Kier molecular flexibility index (Phi) is 6.39. The van der Waals surface area contributed by atoms with Crippen LogP contribution in [0.3, 0.4) is 0 Å². The van der Waals surface area contributed by atoms with Gasteiger partial charge in [-0.2, -0.15) is 0 Å². The standard InChI is InChI=1S/C24H17ClFNO3S/c25-19-9-5-6-16(12-19)14-27-23(28)22(31-24(27)29)13-17-7-2-4-11-21(17)30-15-18-8-1-3-10-20(18)26/h1-13H,14-15H2/b22-13-. The number of amides is 2. The number of imide groups is 1. The Balaban J connectivity index is 1.53. The van der Waals surface area contributed by atoms with Gasteiger partial charge in [-0.25, -0.2) is 4.39 Å². The maximum atomic E-state index is 13.9. The van der Waals surface area contributed by atoms with E-state index in [9.17, 15) is 14.0 Å². The van der Waals surface area contributed by atoms with Gasteiger partial charge in [0.05, 0.1) is 11.4 Å². The van der Waals surface area contributed by atoms with Crippen LogP contribution in [0.2, 0.25) is 5.02 Å². The number of thioether (sulfide) groups is 1. The van der Waals surface area contributed by atoms with Crippen LogP contribution >= 0.6 is 23.4 Å². The average molecular weight is 454 g/mol. The maximum absolute atomic E-state index is 13.9. The molecular weight excluding hydrogens is 437 g/mol. The topological polar surface area (TPSA) is 46.6 Å². The van der Waals surface area contributed by atoms with Crippen molar-refractivity contribution in [3.05, 3.63) is 105 Å². The lowest BCUT2D eigenvalue weighted by Gasteiger charge is -2.12. The van der Waals surface area contributed by atoms with E-state index in [0.29, 0.717) is 26.8 Å². The van der Waals surface area contributed by atoms with Crippen LogP contribution in [0.15, 0.2) is 77.7 Å². The molecule has 0 bridgehead atoms. The summed E-state index contributed by atoms with van der Waals surface area (Å²) >= 11 is 6.87. The second kappa shape index (κ2) is 9.37. The first-order valence-corrected chi connectivity index (χ1v) is 10.7. The van der Waals surface area contributed by atoms with Crippen molar-refractivity contribution < 1.29 is 18.7 Å². The van der Waals surface area contributed by atoms with Gasteiger partial charge < -0.3 is 4.74 Å². The molecule has 0 N–H and O–H groups in total. The van der Waals surface area contributed by atoms with Crippen molar-refractivity contribution in [2.75, 3.05) is 0 Å². The van der Waals surface area contributed by atoms with Crippen LogP contribution in [0.4, 0.5) is 9.18 Å². The zero-order valence-electron chi connectivity index (χ0n) is 16.3. The monoisotopic (exact) mass is 453 g/mol. The van der Waals surface area contributed by atoms with Crippen LogP contribution in [0.1, 0.15) is 16.7 Å². The van der Waals surface area contributed by atoms with E-state index in [0.717, 1.165) is 17.3 Å². The van der Waals surface area contributed by atoms with Gasteiger partial charge >= 0.3 is 0 Å². The Hall–Kier alpha value is -3.09. The summed E-state index contributed by atoms with van der Waals surface area (Å²) in [5, 5.41) is 0.196. The number of carbonyl (C=O) groups is 2. The Labute approximate surface area is 188 Å². The third-order valence-corrected chi connectivity index (χ3v) is 5.79. The summed E-state index contributed by atoms with van der Waals surface area (Å²) in [6.07, 6.45) is 1.62. The number of hydrogen-bond donors (Lipinski definition) is 0. The number of hydrogen-bond acceptors (Lipinski definition) is 4. The van der Waals surface area contributed by atoms with Gasteiger partial charge in [-0.3, -0.25) is 14.5 Å². The number of nitrogens with zero attached hydrogens (tertiary/aromatic N) is 1. The SMILES string of the molecule is O=C1S/C(=C\c2ccccc2OCc2ccccc2F)C(=O)N1Cc1cccc(Cl)c1. The van der Waals surface area contributed by atoms with Gasteiger partial charge in [0, 0.05) is 16.1 Å². The first kappa shape index (κ1) is 21.2. The molecule has 3 aromatic rings. The summed E-state index contributed by atoms with van der Waals surface area (Å²) in [6, 6.07) is 20.5. The van der Waals surface area contributed by atoms with Crippen LogP contribution in [-0.4, -0.2) is 16.0 Å². The second-order valence-electron chi connectivity index (χ2n) is 6.82. The van der Waals surface area contributed by atoms with Crippen molar-refractivity contribution in [1.82, 2.24) is 4.90 Å². The molecule has 3 aromatic carbocycles. The van der Waals surface area contributed by atoms with Gasteiger partial charge in [-0.1, -0.05) is 60.1 Å². The molecule has 156 valence electrons. The number of carbonyl (C=O) groups excluding carboxylic acids is 2. The smallest absolute Gasteiger partial charge is 0.293 e. The van der Waals surface area contributed by atoms with Gasteiger partial charge in [0.2, 0.25) is 0 Å². The number of ether oxygens (including phenoxy) is 1. The molecule has 7 heteroatoms. The van der Waals surface area contributed by atoms with Crippen LogP contribution in [0, 0.1) is 5.82 Å². The highest BCUT2D eigenvalue weighted by molar-refractivity contribution is 8.18. The minimum atomic E-state index is -0.376. The fourth-order valence-electron chi connectivity index (χ4n) is 3.10. The van der Waals surface area contributed by atoms with E-state index in [1.54, 1.807) is 66.7 Å². The fourth-order valence-corrected chi connectivity index (χ4v) is 4.14. The Bertz CT molecular complexity index is 1180. The Morgan fingerprint density at radius 1 is 1.00 bits per heavy atom. The van der Waals surface area contributed by atoms with E-state index < -0.39 is 0 Å². The lowest BCUT2D eigenvalue weighted by molar-refractivity contribution is -0.123. The molecular formula is C24H17ClFNO3S. The molecule has 1 fully saturated rings. The van der Waals surface area contributed by atoms with Gasteiger partial charge in [-0.05, 0) is 47.7 Å². The van der Waals surface area contributed by atoms with E-state index in [4.69, 9.17) is 16.3 Å². The number of rotatable bonds is 6. The van der Waals surface area contributed by atoms with Crippen LogP contribution in [-0.2, 0) is 17.9 Å². The Morgan fingerprint density at radius 3 is 2.58 bits per heavy atom. The largest absolute Gasteiger partial charge is 0.488 e. The van der Waals surface area contributed by atoms with E-state index in [1.165, 1.54) is 11.0 Å².